The van der Waals surface area contributed by atoms with Gasteiger partial charge >= 0.3 is 0 Å². The van der Waals surface area contributed by atoms with Crippen molar-refractivity contribution in [3.05, 3.63) is 66.4 Å². The van der Waals surface area contributed by atoms with Crippen molar-refractivity contribution in [1.29, 1.82) is 0 Å². The molecule has 0 bridgehead atoms. The number of carbonyl (C=O) groups is 1. The van der Waals surface area contributed by atoms with Gasteiger partial charge in [0.15, 0.2) is 0 Å². The third kappa shape index (κ3) is 3.78. The number of hydrogen-bond acceptors (Lipinski definition) is 4. The number of nitrogens with zero attached hydrogens (tertiary/aromatic N) is 5. The summed E-state index contributed by atoms with van der Waals surface area (Å²) >= 11 is 0. The Labute approximate surface area is 163 Å². The highest BCUT2D eigenvalue weighted by atomic mass is 19.1. The van der Waals surface area contributed by atoms with E-state index in [0.717, 1.165) is 11.1 Å². The molecule has 1 saturated heterocycles. The summed E-state index contributed by atoms with van der Waals surface area (Å²) in [6.07, 6.45) is 9.17. The molecule has 0 N–H and O–H groups in total. The van der Waals surface area contributed by atoms with Crippen LogP contribution in [0.3, 0.4) is 0 Å². The summed E-state index contributed by atoms with van der Waals surface area (Å²) in [5.41, 5.74) is 1.65. The smallest absolute Gasteiger partial charge is 0.256 e. The van der Waals surface area contributed by atoms with Gasteiger partial charge in [-0.25, -0.2) is 4.39 Å². The minimum absolute atomic E-state index is 0.114. The largest absolute Gasteiger partial charge is 0.338 e. The first-order valence-corrected chi connectivity index (χ1v) is 9.37. The van der Waals surface area contributed by atoms with Crippen LogP contribution in [0.15, 0.2) is 55.2 Å². The van der Waals surface area contributed by atoms with Crippen LogP contribution in [0.1, 0.15) is 28.8 Å². The average molecular weight is 379 g/mol. The zero-order valence-electron chi connectivity index (χ0n) is 15.8. The van der Waals surface area contributed by atoms with E-state index >= 15 is 4.39 Å². The molecule has 3 aromatic heterocycles. The molecule has 1 fully saturated rings. The summed E-state index contributed by atoms with van der Waals surface area (Å²) in [4.78, 5) is 23.2. The van der Waals surface area contributed by atoms with Gasteiger partial charge in [0.1, 0.15) is 5.67 Å². The fourth-order valence-corrected chi connectivity index (χ4v) is 3.60. The van der Waals surface area contributed by atoms with Gasteiger partial charge in [-0.05, 0) is 36.8 Å². The molecule has 3 aromatic rings. The Bertz CT molecular complexity index is 964. The van der Waals surface area contributed by atoms with E-state index in [2.05, 4.69) is 15.1 Å². The van der Waals surface area contributed by atoms with Crippen molar-refractivity contribution in [3.8, 4) is 11.3 Å². The summed E-state index contributed by atoms with van der Waals surface area (Å²) < 4.78 is 16.9. The van der Waals surface area contributed by atoms with Crippen molar-refractivity contribution in [2.75, 3.05) is 13.1 Å². The monoisotopic (exact) mass is 379 g/mol. The van der Waals surface area contributed by atoms with Gasteiger partial charge in [0.25, 0.3) is 5.91 Å². The molecular weight excluding hydrogens is 357 g/mol. The van der Waals surface area contributed by atoms with Crippen LogP contribution in [0.4, 0.5) is 4.39 Å². The van der Waals surface area contributed by atoms with Gasteiger partial charge in [0.2, 0.25) is 0 Å². The molecule has 1 aliphatic rings. The Morgan fingerprint density at radius 3 is 2.61 bits per heavy atom. The standard InChI is InChI=1S/C21H22FN5O/c1-16-13-25-27(14-16)15-21(22)6-11-26(12-7-21)20(28)18-3-2-8-24-19(18)17-4-9-23-10-5-17/h2-5,8-10,13-14H,6-7,11-12,15H2,1H3. The van der Waals surface area contributed by atoms with E-state index in [0.29, 0.717) is 37.2 Å². The van der Waals surface area contributed by atoms with Gasteiger partial charge in [0, 0.05) is 56.3 Å². The number of halogens is 1. The fraction of sp³-hybridized carbons (Fsp3) is 0.333. The molecule has 144 valence electrons. The summed E-state index contributed by atoms with van der Waals surface area (Å²) in [6, 6.07) is 7.18. The number of rotatable bonds is 4. The number of amides is 1. The number of alkyl halides is 1. The van der Waals surface area contributed by atoms with Crippen LogP contribution in [0.2, 0.25) is 0 Å². The van der Waals surface area contributed by atoms with Gasteiger partial charge in [0.05, 0.1) is 24.0 Å². The number of pyridine rings is 2. The number of aryl methyl sites for hydroxylation is 1. The van der Waals surface area contributed by atoms with Crippen LogP contribution in [0.25, 0.3) is 11.3 Å². The van der Waals surface area contributed by atoms with Crippen LogP contribution in [0.5, 0.6) is 0 Å². The molecule has 0 unspecified atom stereocenters. The molecule has 4 rings (SSSR count). The Morgan fingerprint density at radius 2 is 1.93 bits per heavy atom. The maximum absolute atomic E-state index is 15.2. The molecule has 0 aromatic carbocycles. The maximum atomic E-state index is 15.2. The van der Waals surface area contributed by atoms with Crippen molar-refractivity contribution in [3.63, 3.8) is 0 Å². The molecular formula is C21H22FN5O. The number of hydrogen-bond donors (Lipinski definition) is 0. The van der Waals surface area contributed by atoms with Gasteiger partial charge in [-0.3, -0.25) is 19.4 Å². The van der Waals surface area contributed by atoms with E-state index in [9.17, 15) is 4.79 Å². The molecule has 0 spiro atoms. The summed E-state index contributed by atoms with van der Waals surface area (Å²) in [6.45, 7) is 2.91. The van der Waals surface area contributed by atoms with Crippen molar-refractivity contribution < 1.29 is 9.18 Å². The van der Waals surface area contributed by atoms with E-state index in [1.165, 1.54) is 0 Å². The maximum Gasteiger partial charge on any atom is 0.256 e. The Hall–Kier alpha value is -3.09. The van der Waals surface area contributed by atoms with Crippen molar-refractivity contribution in [1.82, 2.24) is 24.6 Å². The first-order valence-electron chi connectivity index (χ1n) is 9.37. The number of aromatic nitrogens is 4. The predicted molar refractivity (Wildman–Crippen MR) is 103 cm³/mol. The highest BCUT2D eigenvalue weighted by Gasteiger charge is 2.37. The quantitative estimate of drug-likeness (QED) is 0.698. The predicted octanol–water partition coefficient (Wildman–Crippen LogP) is 3.29. The molecule has 6 nitrogen and oxygen atoms in total. The van der Waals surface area contributed by atoms with Crippen LogP contribution >= 0.6 is 0 Å². The van der Waals surface area contributed by atoms with Crippen molar-refractivity contribution >= 4 is 5.91 Å². The lowest BCUT2D eigenvalue weighted by atomic mass is 9.92. The number of likely N-dealkylation sites (tertiary alicyclic amines) is 1. The molecule has 4 heterocycles. The topological polar surface area (TPSA) is 63.9 Å². The van der Waals surface area contributed by atoms with Gasteiger partial charge in [-0.2, -0.15) is 5.10 Å². The van der Waals surface area contributed by atoms with Crippen LogP contribution in [-0.2, 0) is 6.54 Å². The second-order valence-electron chi connectivity index (χ2n) is 7.29. The fourth-order valence-electron chi connectivity index (χ4n) is 3.60. The van der Waals surface area contributed by atoms with Crippen LogP contribution in [0, 0.1) is 6.92 Å². The molecule has 1 amide bonds. The lowest BCUT2D eigenvalue weighted by molar-refractivity contribution is 0.0338. The third-order valence-corrected chi connectivity index (χ3v) is 5.15. The molecule has 0 saturated carbocycles. The highest BCUT2D eigenvalue weighted by molar-refractivity contribution is 5.99. The summed E-state index contributed by atoms with van der Waals surface area (Å²) in [5.74, 6) is -0.114. The Kier molecular flexibility index (Phi) is 4.90. The summed E-state index contributed by atoms with van der Waals surface area (Å²) in [5, 5.41) is 4.18. The van der Waals surface area contributed by atoms with Crippen molar-refractivity contribution in [2.45, 2.75) is 32.0 Å². The molecule has 0 radical (unpaired) electrons. The minimum Gasteiger partial charge on any atom is -0.338 e. The average Bonchev–Trinajstić information content (AvgIpc) is 3.12. The SMILES string of the molecule is Cc1cnn(CC2(F)CCN(C(=O)c3cccnc3-c3ccncc3)CC2)c1. The Balaban J connectivity index is 1.48. The highest BCUT2D eigenvalue weighted by Crippen LogP contribution is 2.30. The molecule has 1 aliphatic heterocycles. The van der Waals surface area contributed by atoms with E-state index in [-0.39, 0.29) is 12.5 Å². The molecule has 7 heteroatoms. The number of piperidine rings is 1. The van der Waals surface area contributed by atoms with E-state index in [1.54, 1.807) is 46.5 Å². The third-order valence-electron chi connectivity index (χ3n) is 5.15. The zero-order valence-corrected chi connectivity index (χ0v) is 15.8. The van der Waals surface area contributed by atoms with E-state index in [1.807, 2.05) is 25.3 Å². The first-order chi connectivity index (χ1) is 13.5. The molecule has 0 aliphatic carbocycles. The zero-order chi connectivity index (χ0) is 19.6. The van der Waals surface area contributed by atoms with Crippen molar-refractivity contribution in [2.24, 2.45) is 0 Å². The lowest BCUT2D eigenvalue weighted by Gasteiger charge is -2.36. The number of carbonyl (C=O) groups excluding carboxylic acids is 1. The first kappa shape index (κ1) is 18.3. The Morgan fingerprint density at radius 1 is 1.18 bits per heavy atom. The van der Waals surface area contributed by atoms with Crippen LogP contribution < -0.4 is 0 Å². The van der Waals surface area contributed by atoms with Gasteiger partial charge in [-0.1, -0.05) is 0 Å². The molecule has 0 atom stereocenters. The van der Waals surface area contributed by atoms with Gasteiger partial charge in [-0.15, -0.1) is 0 Å². The summed E-state index contributed by atoms with van der Waals surface area (Å²) in [7, 11) is 0. The van der Waals surface area contributed by atoms with E-state index < -0.39 is 5.67 Å². The lowest BCUT2D eigenvalue weighted by Crippen LogP contribution is -2.46. The second-order valence-corrected chi connectivity index (χ2v) is 7.29. The second kappa shape index (κ2) is 7.50. The van der Waals surface area contributed by atoms with Gasteiger partial charge < -0.3 is 4.90 Å². The van der Waals surface area contributed by atoms with Crippen LogP contribution in [-0.4, -0.2) is 49.3 Å². The molecule has 28 heavy (non-hydrogen) atoms. The van der Waals surface area contributed by atoms with E-state index in [4.69, 9.17) is 0 Å². The minimum atomic E-state index is -1.35. The normalized spacial score (nSPS) is 16.1.